The van der Waals surface area contributed by atoms with Gasteiger partial charge in [-0.1, -0.05) is 6.92 Å². The number of carbonyl (C=O) groups is 1. The monoisotopic (exact) mass is 248 g/mol. The van der Waals surface area contributed by atoms with Crippen LogP contribution in [0.4, 0.5) is 5.82 Å². The molecule has 0 aromatic carbocycles. The Labute approximate surface area is 103 Å². The Morgan fingerprint density at radius 2 is 2.28 bits per heavy atom. The van der Waals surface area contributed by atoms with Gasteiger partial charge in [-0.05, 0) is 0 Å². The van der Waals surface area contributed by atoms with E-state index in [1.807, 2.05) is 6.92 Å². The van der Waals surface area contributed by atoms with E-state index in [1.54, 1.807) is 6.07 Å². The zero-order valence-corrected chi connectivity index (χ0v) is 9.99. The van der Waals surface area contributed by atoms with Crippen LogP contribution >= 0.6 is 0 Å². The number of hydrogen-bond acceptors (Lipinski definition) is 7. The number of nitrogens with two attached hydrogens (primary N) is 1. The number of aryl methyl sites for hydroxylation is 1. The summed E-state index contributed by atoms with van der Waals surface area (Å²) in [6.45, 7) is 1.92. The van der Waals surface area contributed by atoms with E-state index in [9.17, 15) is 4.79 Å². The fraction of sp³-hybridized carbons (Fsp3) is 0.300. The lowest BCUT2D eigenvalue weighted by Crippen LogP contribution is -2.08. The first-order valence-electron chi connectivity index (χ1n) is 5.27. The fourth-order valence-electron chi connectivity index (χ4n) is 1.34. The number of ether oxygens (including phenoxy) is 1. The first kappa shape index (κ1) is 12.0. The smallest absolute Gasteiger partial charge is 0.377 e. The number of nitrogen functional groups attached to an aromatic ring is 1. The molecule has 0 fully saturated rings. The van der Waals surface area contributed by atoms with Crippen molar-refractivity contribution in [3.8, 4) is 5.82 Å². The molecule has 0 unspecified atom stereocenters. The lowest BCUT2D eigenvalue weighted by Gasteiger charge is -2.03. The molecular formula is C10H12N6O2. The fourth-order valence-corrected chi connectivity index (χ4v) is 1.34. The van der Waals surface area contributed by atoms with Crippen molar-refractivity contribution >= 4 is 11.8 Å². The SMILES string of the molecule is CCc1nc(N)cc(-n2cnc(C(=O)OC)n2)n1. The number of carbonyl (C=O) groups excluding carboxylic acids is 1. The van der Waals surface area contributed by atoms with Crippen LogP contribution < -0.4 is 5.73 Å². The number of aromatic nitrogens is 5. The average Bonchev–Trinajstić information content (AvgIpc) is 2.86. The van der Waals surface area contributed by atoms with Crippen LogP contribution in [0, 0.1) is 0 Å². The van der Waals surface area contributed by atoms with Crippen molar-refractivity contribution in [1.82, 2.24) is 24.7 Å². The summed E-state index contributed by atoms with van der Waals surface area (Å²) < 4.78 is 5.87. The van der Waals surface area contributed by atoms with Crippen molar-refractivity contribution in [1.29, 1.82) is 0 Å². The summed E-state index contributed by atoms with van der Waals surface area (Å²) in [5.74, 6) is 0.758. The van der Waals surface area contributed by atoms with Gasteiger partial charge in [-0.25, -0.2) is 24.4 Å². The van der Waals surface area contributed by atoms with Crippen molar-refractivity contribution in [2.45, 2.75) is 13.3 Å². The Morgan fingerprint density at radius 1 is 1.50 bits per heavy atom. The van der Waals surface area contributed by atoms with Gasteiger partial charge >= 0.3 is 5.97 Å². The largest absolute Gasteiger partial charge is 0.463 e. The summed E-state index contributed by atoms with van der Waals surface area (Å²) in [5.41, 5.74) is 5.66. The van der Waals surface area contributed by atoms with E-state index in [0.29, 0.717) is 23.9 Å². The molecular weight excluding hydrogens is 236 g/mol. The maximum absolute atomic E-state index is 11.2. The molecule has 2 heterocycles. The molecule has 2 rings (SSSR count). The van der Waals surface area contributed by atoms with Crippen molar-refractivity contribution in [3.05, 3.63) is 24.0 Å². The second kappa shape index (κ2) is 4.78. The van der Waals surface area contributed by atoms with Crippen molar-refractivity contribution in [3.63, 3.8) is 0 Å². The molecule has 2 aromatic rings. The Hall–Kier alpha value is -2.51. The van der Waals surface area contributed by atoms with Crippen LogP contribution in [-0.4, -0.2) is 37.8 Å². The molecule has 0 radical (unpaired) electrons. The van der Waals surface area contributed by atoms with Crippen LogP contribution in [0.25, 0.3) is 5.82 Å². The number of nitrogens with zero attached hydrogens (tertiary/aromatic N) is 5. The van der Waals surface area contributed by atoms with Crippen molar-refractivity contribution in [2.24, 2.45) is 0 Å². The Morgan fingerprint density at radius 3 is 2.94 bits per heavy atom. The number of rotatable bonds is 3. The van der Waals surface area contributed by atoms with E-state index in [1.165, 1.54) is 18.1 Å². The molecule has 18 heavy (non-hydrogen) atoms. The Bertz CT molecular complexity index is 579. The molecule has 94 valence electrons. The van der Waals surface area contributed by atoms with E-state index in [-0.39, 0.29) is 5.82 Å². The van der Waals surface area contributed by atoms with Crippen molar-refractivity contribution < 1.29 is 9.53 Å². The first-order chi connectivity index (χ1) is 8.63. The summed E-state index contributed by atoms with van der Waals surface area (Å²) in [4.78, 5) is 23.3. The van der Waals surface area contributed by atoms with Gasteiger partial charge in [-0.3, -0.25) is 0 Å². The lowest BCUT2D eigenvalue weighted by atomic mass is 10.4. The summed E-state index contributed by atoms with van der Waals surface area (Å²) in [6, 6.07) is 1.55. The van der Waals surface area contributed by atoms with Gasteiger partial charge in [-0.15, -0.1) is 5.10 Å². The van der Waals surface area contributed by atoms with Gasteiger partial charge in [0.2, 0.25) is 0 Å². The van der Waals surface area contributed by atoms with E-state index in [0.717, 1.165) is 0 Å². The minimum absolute atomic E-state index is 0.0345. The maximum Gasteiger partial charge on any atom is 0.377 e. The molecule has 2 N–H and O–H groups in total. The van der Waals surface area contributed by atoms with Gasteiger partial charge in [0.15, 0.2) is 5.82 Å². The van der Waals surface area contributed by atoms with Gasteiger partial charge in [0.05, 0.1) is 7.11 Å². The molecule has 8 heteroatoms. The number of anilines is 1. The number of methoxy groups -OCH3 is 1. The maximum atomic E-state index is 11.2. The molecule has 0 spiro atoms. The van der Waals surface area contributed by atoms with Crippen LogP contribution in [-0.2, 0) is 11.2 Å². The highest BCUT2D eigenvalue weighted by Gasteiger charge is 2.13. The normalized spacial score (nSPS) is 10.3. The van der Waals surface area contributed by atoms with E-state index < -0.39 is 5.97 Å². The van der Waals surface area contributed by atoms with Crippen LogP contribution in [0.1, 0.15) is 23.4 Å². The number of hydrogen-bond donors (Lipinski definition) is 1. The first-order valence-corrected chi connectivity index (χ1v) is 5.27. The molecule has 8 nitrogen and oxygen atoms in total. The minimum Gasteiger partial charge on any atom is -0.463 e. The zero-order valence-electron chi connectivity index (χ0n) is 9.99. The third-order valence-electron chi connectivity index (χ3n) is 2.19. The van der Waals surface area contributed by atoms with E-state index in [4.69, 9.17) is 5.73 Å². The molecule has 0 saturated carbocycles. The van der Waals surface area contributed by atoms with E-state index >= 15 is 0 Å². The summed E-state index contributed by atoms with van der Waals surface area (Å²) in [6.07, 6.45) is 2.02. The van der Waals surface area contributed by atoms with Crippen LogP contribution in [0.3, 0.4) is 0 Å². The van der Waals surface area contributed by atoms with Crippen LogP contribution in [0.15, 0.2) is 12.4 Å². The molecule has 0 aliphatic carbocycles. The molecule has 2 aromatic heterocycles. The molecule has 0 saturated heterocycles. The summed E-state index contributed by atoms with van der Waals surface area (Å²) in [5, 5.41) is 3.95. The molecule has 0 aliphatic heterocycles. The molecule has 0 aliphatic rings. The third kappa shape index (κ3) is 2.26. The average molecular weight is 248 g/mol. The topological polar surface area (TPSA) is 109 Å². The quantitative estimate of drug-likeness (QED) is 0.760. The molecule has 0 amide bonds. The highest BCUT2D eigenvalue weighted by molar-refractivity contribution is 5.84. The Kier molecular flexibility index (Phi) is 3.18. The predicted molar refractivity (Wildman–Crippen MR) is 62.1 cm³/mol. The molecule has 0 atom stereocenters. The second-order valence-corrected chi connectivity index (χ2v) is 3.43. The second-order valence-electron chi connectivity index (χ2n) is 3.43. The highest BCUT2D eigenvalue weighted by Crippen LogP contribution is 2.08. The van der Waals surface area contributed by atoms with Crippen LogP contribution in [0.5, 0.6) is 0 Å². The zero-order chi connectivity index (χ0) is 13.1. The van der Waals surface area contributed by atoms with Gasteiger partial charge < -0.3 is 10.5 Å². The summed E-state index contributed by atoms with van der Waals surface area (Å²) >= 11 is 0. The standard InChI is InChI=1S/C10H12N6O2/c1-3-7-13-6(11)4-8(14-7)16-5-12-9(15-16)10(17)18-2/h4-5H,3H2,1-2H3,(H2,11,13,14). The van der Waals surface area contributed by atoms with Gasteiger partial charge in [-0.2, -0.15) is 0 Å². The lowest BCUT2D eigenvalue weighted by molar-refractivity contribution is 0.0587. The highest BCUT2D eigenvalue weighted by atomic mass is 16.5. The van der Waals surface area contributed by atoms with Gasteiger partial charge in [0.25, 0.3) is 5.82 Å². The Balaban J connectivity index is 2.39. The van der Waals surface area contributed by atoms with Gasteiger partial charge in [0.1, 0.15) is 18.0 Å². The van der Waals surface area contributed by atoms with Crippen LogP contribution in [0.2, 0.25) is 0 Å². The number of esters is 1. The third-order valence-corrected chi connectivity index (χ3v) is 2.19. The minimum atomic E-state index is -0.605. The summed E-state index contributed by atoms with van der Waals surface area (Å²) in [7, 11) is 1.26. The van der Waals surface area contributed by atoms with Crippen molar-refractivity contribution in [2.75, 3.05) is 12.8 Å². The predicted octanol–water partition coefficient (Wildman–Crippen LogP) is -0.0115. The molecule has 0 bridgehead atoms. The van der Waals surface area contributed by atoms with Gasteiger partial charge in [0, 0.05) is 12.5 Å². The van der Waals surface area contributed by atoms with E-state index in [2.05, 4.69) is 24.8 Å².